The summed E-state index contributed by atoms with van der Waals surface area (Å²) in [5.74, 6) is -0.152. The first kappa shape index (κ1) is 20.3. The zero-order valence-electron chi connectivity index (χ0n) is 15.8. The molecule has 2 atom stereocenters. The van der Waals surface area contributed by atoms with Crippen molar-refractivity contribution in [3.63, 3.8) is 0 Å². The topological polar surface area (TPSA) is 117 Å². The molecule has 150 valence electrons. The number of hydrogen-bond donors (Lipinski definition) is 4. The molecule has 0 spiro atoms. The highest BCUT2D eigenvalue weighted by Gasteiger charge is 2.22. The minimum absolute atomic E-state index is 0.0631. The van der Waals surface area contributed by atoms with E-state index in [9.17, 15) is 9.59 Å². The summed E-state index contributed by atoms with van der Waals surface area (Å²) in [7, 11) is 0. The second kappa shape index (κ2) is 9.69. The number of benzene rings is 1. The van der Waals surface area contributed by atoms with Gasteiger partial charge in [-0.3, -0.25) is 20.4 Å². The monoisotopic (exact) mass is 404 g/mol. The third kappa shape index (κ3) is 5.80. The summed E-state index contributed by atoms with van der Waals surface area (Å²) in [5.41, 5.74) is 7.98. The third-order valence-corrected chi connectivity index (χ3v) is 5.29. The lowest BCUT2D eigenvalue weighted by Crippen LogP contribution is -2.36. The standard InChI is InChI=1S/C18H24N6O3S/c1-11-3-5-14(6-4-11)21-17(26)18-24-23-16(28-18)10-27-9-15(25)19-7-13-8-20-22-12(13)2/h3-6,12-13,20,22H,7-10H2,1-2H3,(H,19,25)(H,21,26). The smallest absolute Gasteiger partial charge is 0.286 e. The number of rotatable bonds is 8. The third-order valence-electron chi connectivity index (χ3n) is 4.39. The number of ether oxygens (including phenoxy) is 1. The van der Waals surface area contributed by atoms with Crippen LogP contribution in [0.15, 0.2) is 24.3 Å². The van der Waals surface area contributed by atoms with E-state index >= 15 is 0 Å². The van der Waals surface area contributed by atoms with Crippen LogP contribution in [0, 0.1) is 12.8 Å². The predicted octanol–water partition coefficient (Wildman–Crippen LogP) is 0.844. The first-order chi connectivity index (χ1) is 13.5. The van der Waals surface area contributed by atoms with Gasteiger partial charge in [0.05, 0.1) is 0 Å². The highest BCUT2D eigenvalue weighted by Crippen LogP contribution is 2.14. The molecule has 3 rings (SSSR count). The molecular weight excluding hydrogens is 380 g/mol. The Morgan fingerprint density at radius 2 is 2.07 bits per heavy atom. The van der Waals surface area contributed by atoms with Crippen molar-refractivity contribution in [3.05, 3.63) is 39.8 Å². The average Bonchev–Trinajstić information content (AvgIpc) is 3.31. The molecule has 0 saturated carbocycles. The SMILES string of the molecule is Cc1ccc(NC(=O)c2nnc(COCC(=O)NCC3CNNC3C)s2)cc1. The Bertz CT molecular complexity index is 810. The lowest BCUT2D eigenvalue weighted by atomic mass is 10.0. The molecule has 2 aromatic rings. The van der Waals surface area contributed by atoms with Crippen molar-refractivity contribution in [2.24, 2.45) is 5.92 Å². The van der Waals surface area contributed by atoms with Gasteiger partial charge in [0.15, 0.2) is 0 Å². The molecule has 9 nitrogen and oxygen atoms in total. The molecule has 2 heterocycles. The van der Waals surface area contributed by atoms with Crippen molar-refractivity contribution in [3.8, 4) is 0 Å². The summed E-state index contributed by atoms with van der Waals surface area (Å²) in [5, 5.41) is 14.2. The molecule has 1 aromatic carbocycles. The highest BCUT2D eigenvalue weighted by atomic mass is 32.1. The number of hydrogen-bond acceptors (Lipinski definition) is 8. The molecule has 1 aliphatic rings. The highest BCUT2D eigenvalue weighted by molar-refractivity contribution is 7.13. The van der Waals surface area contributed by atoms with Crippen LogP contribution in [0.1, 0.15) is 27.3 Å². The van der Waals surface area contributed by atoms with Crippen LogP contribution in [-0.4, -0.2) is 47.7 Å². The zero-order valence-corrected chi connectivity index (χ0v) is 16.6. The molecule has 4 N–H and O–H groups in total. The van der Waals surface area contributed by atoms with Crippen LogP contribution in [0.2, 0.25) is 0 Å². The van der Waals surface area contributed by atoms with E-state index in [1.54, 1.807) is 0 Å². The number of amides is 2. The lowest BCUT2D eigenvalue weighted by Gasteiger charge is -2.14. The maximum Gasteiger partial charge on any atom is 0.286 e. The molecule has 1 aliphatic heterocycles. The van der Waals surface area contributed by atoms with E-state index in [-0.39, 0.29) is 30.0 Å². The van der Waals surface area contributed by atoms with Crippen molar-refractivity contribution in [2.75, 3.05) is 25.0 Å². The fourth-order valence-corrected chi connectivity index (χ4v) is 3.32. The van der Waals surface area contributed by atoms with E-state index in [0.29, 0.717) is 29.2 Å². The van der Waals surface area contributed by atoms with E-state index in [0.717, 1.165) is 23.4 Å². The van der Waals surface area contributed by atoms with E-state index < -0.39 is 0 Å². The van der Waals surface area contributed by atoms with Gasteiger partial charge in [-0.05, 0) is 26.0 Å². The summed E-state index contributed by atoms with van der Waals surface area (Å²) in [4.78, 5) is 24.1. The van der Waals surface area contributed by atoms with Crippen LogP contribution in [0.25, 0.3) is 0 Å². The van der Waals surface area contributed by atoms with Crippen molar-refractivity contribution in [2.45, 2.75) is 26.5 Å². The van der Waals surface area contributed by atoms with Gasteiger partial charge >= 0.3 is 0 Å². The number of aromatic nitrogens is 2. The molecule has 10 heteroatoms. The zero-order chi connectivity index (χ0) is 19.9. The Hall–Kier alpha value is -2.40. The maximum absolute atomic E-state index is 12.2. The number of nitrogens with one attached hydrogen (secondary N) is 4. The number of carbonyl (C=O) groups is 2. The van der Waals surface area contributed by atoms with Gasteiger partial charge in [0.25, 0.3) is 5.91 Å². The average molecular weight is 404 g/mol. The molecule has 1 aromatic heterocycles. The van der Waals surface area contributed by atoms with Crippen LogP contribution < -0.4 is 21.5 Å². The Labute approximate surface area is 167 Å². The minimum atomic E-state index is -0.321. The van der Waals surface area contributed by atoms with Gasteiger partial charge in [0.2, 0.25) is 10.9 Å². The fraction of sp³-hybridized carbons (Fsp3) is 0.444. The van der Waals surface area contributed by atoms with Gasteiger partial charge in [-0.2, -0.15) is 0 Å². The van der Waals surface area contributed by atoms with Gasteiger partial charge in [0.1, 0.15) is 18.2 Å². The molecule has 0 aliphatic carbocycles. The number of hydrazine groups is 1. The van der Waals surface area contributed by atoms with Crippen molar-refractivity contribution >= 4 is 28.8 Å². The van der Waals surface area contributed by atoms with E-state index in [2.05, 4.69) is 38.6 Å². The Kier molecular flexibility index (Phi) is 7.04. The second-order valence-electron chi connectivity index (χ2n) is 6.69. The first-order valence-electron chi connectivity index (χ1n) is 9.04. The largest absolute Gasteiger partial charge is 0.364 e. The van der Waals surface area contributed by atoms with Gasteiger partial charge < -0.3 is 15.4 Å². The van der Waals surface area contributed by atoms with Crippen LogP contribution >= 0.6 is 11.3 Å². The van der Waals surface area contributed by atoms with E-state index in [1.165, 1.54) is 0 Å². The number of nitrogens with zero attached hydrogens (tertiary/aromatic N) is 2. The van der Waals surface area contributed by atoms with Gasteiger partial charge in [-0.1, -0.05) is 29.0 Å². The van der Waals surface area contributed by atoms with Gasteiger partial charge in [-0.25, -0.2) is 0 Å². The molecule has 1 fully saturated rings. The Morgan fingerprint density at radius 1 is 1.29 bits per heavy atom. The number of anilines is 1. The van der Waals surface area contributed by atoms with E-state index in [4.69, 9.17) is 4.74 Å². The Balaban J connectivity index is 1.38. The number of aryl methyl sites for hydroxylation is 1. The fourth-order valence-electron chi connectivity index (χ4n) is 2.65. The molecule has 28 heavy (non-hydrogen) atoms. The minimum Gasteiger partial charge on any atom is -0.364 e. The van der Waals surface area contributed by atoms with Crippen LogP contribution in [0.3, 0.4) is 0 Å². The molecule has 0 bridgehead atoms. The summed E-state index contributed by atoms with van der Waals surface area (Å²) >= 11 is 1.14. The van der Waals surface area contributed by atoms with Crippen molar-refractivity contribution in [1.29, 1.82) is 0 Å². The summed E-state index contributed by atoms with van der Waals surface area (Å²) in [6.45, 7) is 5.52. The summed E-state index contributed by atoms with van der Waals surface area (Å²) in [6, 6.07) is 7.80. The molecular formula is C18H24N6O3S. The molecule has 2 amide bonds. The first-order valence-corrected chi connectivity index (χ1v) is 9.86. The Morgan fingerprint density at radius 3 is 2.79 bits per heavy atom. The van der Waals surface area contributed by atoms with Gasteiger partial charge in [-0.15, -0.1) is 10.2 Å². The maximum atomic E-state index is 12.2. The van der Waals surface area contributed by atoms with Crippen LogP contribution in [0.4, 0.5) is 5.69 Å². The molecule has 2 unspecified atom stereocenters. The summed E-state index contributed by atoms with van der Waals surface area (Å²) in [6.07, 6.45) is 0. The predicted molar refractivity (Wildman–Crippen MR) is 106 cm³/mol. The van der Waals surface area contributed by atoms with Crippen molar-refractivity contribution < 1.29 is 14.3 Å². The lowest BCUT2D eigenvalue weighted by molar-refractivity contribution is -0.126. The quantitative estimate of drug-likeness (QED) is 0.515. The van der Waals surface area contributed by atoms with Gasteiger partial charge in [0, 0.05) is 30.7 Å². The number of carbonyl (C=O) groups excluding carboxylic acids is 2. The summed E-state index contributed by atoms with van der Waals surface area (Å²) < 4.78 is 5.38. The molecule has 1 saturated heterocycles. The van der Waals surface area contributed by atoms with Crippen LogP contribution in [-0.2, 0) is 16.1 Å². The van der Waals surface area contributed by atoms with Crippen LogP contribution in [0.5, 0.6) is 0 Å². The van der Waals surface area contributed by atoms with E-state index in [1.807, 2.05) is 31.2 Å². The second-order valence-corrected chi connectivity index (χ2v) is 7.75. The van der Waals surface area contributed by atoms with Crippen molar-refractivity contribution in [1.82, 2.24) is 26.4 Å². The normalized spacial score (nSPS) is 18.8. The molecule has 0 radical (unpaired) electrons.